The van der Waals surface area contributed by atoms with E-state index >= 15 is 0 Å². The van der Waals surface area contributed by atoms with Crippen LogP contribution in [-0.4, -0.2) is 46.6 Å². The fourth-order valence-corrected chi connectivity index (χ4v) is 2.08. The van der Waals surface area contributed by atoms with Gasteiger partial charge >= 0.3 is 16.4 Å². The number of rotatable bonds is 5. The lowest BCUT2D eigenvalue weighted by Crippen LogP contribution is -2.62. The van der Waals surface area contributed by atoms with E-state index in [0.29, 0.717) is 0 Å². The van der Waals surface area contributed by atoms with Crippen LogP contribution < -0.4 is 4.72 Å². The van der Waals surface area contributed by atoms with Crippen LogP contribution in [0.3, 0.4) is 0 Å². The minimum absolute atomic E-state index is 0.276. The van der Waals surface area contributed by atoms with Crippen LogP contribution in [-0.2, 0) is 19.9 Å². The molecule has 0 saturated heterocycles. The molecule has 1 N–H and O–H groups in total. The monoisotopic (exact) mass is 323 g/mol. The van der Waals surface area contributed by atoms with Gasteiger partial charge < -0.3 is 0 Å². The van der Waals surface area contributed by atoms with E-state index < -0.39 is 42.5 Å². The van der Waals surface area contributed by atoms with Crippen LogP contribution in [0.15, 0.2) is 0 Å². The van der Waals surface area contributed by atoms with E-state index in [1.54, 1.807) is 0 Å². The molecular formula is C5H7F6NO4S2. The van der Waals surface area contributed by atoms with Crippen molar-refractivity contribution in [2.45, 2.75) is 16.4 Å². The summed E-state index contributed by atoms with van der Waals surface area (Å²) in [6, 6.07) is 0. The summed E-state index contributed by atoms with van der Waals surface area (Å²) in [5, 5.41) is -12.6. The zero-order chi connectivity index (χ0) is 15.2. The van der Waals surface area contributed by atoms with E-state index in [1.165, 1.54) is 0 Å². The lowest BCUT2D eigenvalue weighted by Gasteiger charge is -2.30. The normalized spacial score (nSPS) is 15.8. The Hall–Kier alpha value is -0.560. The lowest BCUT2D eigenvalue weighted by atomic mass is 10.3. The van der Waals surface area contributed by atoms with Crippen molar-refractivity contribution in [1.29, 1.82) is 0 Å². The van der Waals surface area contributed by atoms with E-state index in [4.69, 9.17) is 0 Å². The minimum Gasteiger partial charge on any atom is -0.223 e. The van der Waals surface area contributed by atoms with E-state index in [2.05, 4.69) is 0 Å². The summed E-state index contributed by atoms with van der Waals surface area (Å²) in [5.41, 5.74) is 0. The van der Waals surface area contributed by atoms with Gasteiger partial charge in [-0.1, -0.05) is 0 Å². The van der Waals surface area contributed by atoms with Gasteiger partial charge in [0, 0.05) is 6.26 Å². The molecule has 0 aliphatic carbocycles. The topological polar surface area (TPSA) is 80.3 Å². The standard InChI is InChI=1S/C5H7F6NO4S2/c1-12-18(15,16)5(10,11)3(6,7)4(8,9)17(2,13)14/h12H,1-2H3. The molecule has 0 unspecified atom stereocenters. The van der Waals surface area contributed by atoms with Gasteiger partial charge in [0.15, 0.2) is 0 Å². The summed E-state index contributed by atoms with van der Waals surface area (Å²) >= 11 is 0. The first-order valence-electron chi connectivity index (χ1n) is 3.82. The number of hydrogen-bond donors (Lipinski definition) is 1. The zero-order valence-electron chi connectivity index (χ0n) is 8.72. The number of halogens is 6. The second-order valence-corrected chi connectivity index (χ2v) is 7.07. The van der Waals surface area contributed by atoms with Crippen molar-refractivity contribution in [2.75, 3.05) is 13.3 Å². The Labute approximate surface area is 98.1 Å². The molecule has 18 heavy (non-hydrogen) atoms. The smallest absolute Gasteiger partial charge is 0.223 e. The van der Waals surface area contributed by atoms with Gasteiger partial charge in [0.1, 0.15) is 0 Å². The Morgan fingerprint density at radius 2 is 1.17 bits per heavy atom. The maximum Gasteiger partial charge on any atom is 0.428 e. The van der Waals surface area contributed by atoms with Crippen LogP contribution >= 0.6 is 0 Å². The van der Waals surface area contributed by atoms with Gasteiger partial charge in [-0.3, -0.25) is 0 Å². The van der Waals surface area contributed by atoms with Gasteiger partial charge in [-0.25, -0.2) is 21.6 Å². The average molecular weight is 323 g/mol. The largest absolute Gasteiger partial charge is 0.428 e. The minimum atomic E-state index is -6.64. The number of nitrogens with one attached hydrogen (secondary N) is 1. The Balaban J connectivity index is 6.13. The summed E-state index contributed by atoms with van der Waals surface area (Å²) in [4.78, 5) is 0. The molecule has 0 fully saturated rings. The highest BCUT2D eigenvalue weighted by Crippen LogP contribution is 2.50. The molecule has 0 aromatic heterocycles. The maximum absolute atomic E-state index is 12.9. The van der Waals surface area contributed by atoms with Gasteiger partial charge in [0.2, 0.25) is 9.84 Å². The van der Waals surface area contributed by atoms with Crippen molar-refractivity contribution in [2.24, 2.45) is 0 Å². The van der Waals surface area contributed by atoms with Crippen molar-refractivity contribution in [3.05, 3.63) is 0 Å². The molecule has 0 saturated carbocycles. The van der Waals surface area contributed by atoms with Crippen LogP contribution in [0.1, 0.15) is 0 Å². The highest BCUT2D eigenvalue weighted by atomic mass is 32.2. The molecular weight excluding hydrogens is 316 g/mol. The molecule has 0 heterocycles. The quantitative estimate of drug-likeness (QED) is 0.743. The third-order valence-corrected chi connectivity index (χ3v) is 4.46. The first-order chi connectivity index (χ1) is 7.56. The van der Waals surface area contributed by atoms with E-state index in [1.807, 2.05) is 0 Å². The predicted octanol–water partition coefficient (Wildman–Crippen LogP) is 0.401. The Kier molecular flexibility index (Phi) is 4.10. The fraction of sp³-hybridized carbons (Fsp3) is 1.00. The summed E-state index contributed by atoms with van der Waals surface area (Å²) in [7, 11) is -11.9. The zero-order valence-corrected chi connectivity index (χ0v) is 10.4. The van der Waals surface area contributed by atoms with Gasteiger partial charge in [0.25, 0.3) is 10.0 Å². The number of sulfonamides is 1. The van der Waals surface area contributed by atoms with E-state index in [-0.39, 0.29) is 7.05 Å². The van der Waals surface area contributed by atoms with Gasteiger partial charge in [-0.15, -0.1) is 0 Å². The molecule has 110 valence electrons. The van der Waals surface area contributed by atoms with Crippen molar-refractivity contribution in [3.8, 4) is 0 Å². The molecule has 0 rings (SSSR count). The maximum atomic E-state index is 12.9. The van der Waals surface area contributed by atoms with Gasteiger partial charge in [-0.05, 0) is 7.05 Å². The molecule has 0 aromatic rings. The molecule has 0 atom stereocenters. The first kappa shape index (κ1) is 17.4. The van der Waals surface area contributed by atoms with Gasteiger partial charge in [-0.2, -0.15) is 26.3 Å². The second-order valence-electron chi connectivity index (χ2n) is 3.09. The Bertz CT molecular complexity index is 524. The second kappa shape index (κ2) is 4.23. The number of alkyl halides is 6. The summed E-state index contributed by atoms with van der Waals surface area (Å²) in [5.74, 6) is -6.64. The molecule has 0 radical (unpaired) electrons. The first-order valence-corrected chi connectivity index (χ1v) is 7.20. The molecule has 5 nitrogen and oxygen atoms in total. The van der Waals surface area contributed by atoms with E-state index in [9.17, 15) is 43.2 Å². The average Bonchev–Trinajstić information content (AvgIpc) is 2.15. The van der Waals surface area contributed by atoms with Crippen molar-refractivity contribution < 1.29 is 43.2 Å². The van der Waals surface area contributed by atoms with Gasteiger partial charge in [0.05, 0.1) is 0 Å². The molecule has 0 aliphatic heterocycles. The molecule has 13 heteroatoms. The highest BCUT2D eigenvalue weighted by Gasteiger charge is 2.80. The SMILES string of the molecule is CNS(=O)(=O)C(F)(F)C(F)(F)C(F)(F)S(C)(=O)=O. The third-order valence-electron chi connectivity index (χ3n) is 1.80. The van der Waals surface area contributed by atoms with Crippen LogP contribution in [0.5, 0.6) is 0 Å². The lowest BCUT2D eigenvalue weighted by molar-refractivity contribution is -0.243. The third kappa shape index (κ3) is 2.18. The van der Waals surface area contributed by atoms with E-state index in [0.717, 1.165) is 4.72 Å². The predicted molar refractivity (Wildman–Crippen MR) is 47.7 cm³/mol. The Morgan fingerprint density at radius 1 is 0.833 bits per heavy atom. The number of hydrogen-bond acceptors (Lipinski definition) is 4. The van der Waals surface area contributed by atoms with Crippen LogP contribution in [0.2, 0.25) is 0 Å². The molecule has 0 bridgehead atoms. The summed E-state index contributed by atoms with van der Waals surface area (Å²) < 4.78 is 120. The van der Waals surface area contributed by atoms with Crippen molar-refractivity contribution in [3.63, 3.8) is 0 Å². The Morgan fingerprint density at radius 3 is 1.39 bits per heavy atom. The molecule has 0 spiro atoms. The molecule has 0 aromatic carbocycles. The summed E-state index contributed by atoms with van der Waals surface area (Å²) in [6.45, 7) is 0. The van der Waals surface area contributed by atoms with Crippen LogP contribution in [0.25, 0.3) is 0 Å². The molecule has 0 aliphatic rings. The highest BCUT2D eigenvalue weighted by molar-refractivity contribution is 7.92. The summed E-state index contributed by atoms with van der Waals surface area (Å²) in [6.07, 6.45) is -0.428. The number of sulfone groups is 1. The van der Waals surface area contributed by atoms with Crippen molar-refractivity contribution in [1.82, 2.24) is 4.72 Å². The van der Waals surface area contributed by atoms with Crippen molar-refractivity contribution >= 4 is 19.9 Å². The molecule has 0 amide bonds. The van der Waals surface area contributed by atoms with Crippen LogP contribution in [0.4, 0.5) is 26.3 Å². The fourth-order valence-electron chi connectivity index (χ4n) is 0.699. The van der Waals surface area contributed by atoms with Crippen LogP contribution in [0, 0.1) is 0 Å².